The number of thiazole rings is 1. The number of carbonyl (C=O) groups is 3. The molecule has 0 radical (unpaired) electrons. The summed E-state index contributed by atoms with van der Waals surface area (Å²) in [7, 11) is 1.58. The van der Waals surface area contributed by atoms with Gasteiger partial charge in [0.25, 0.3) is 11.5 Å². The highest BCUT2D eigenvalue weighted by Gasteiger charge is 2.34. The van der Waals surface area contributed by atoms with Crippen molar-refractivity contribution in [2.24, 2.45) is 10.9 Å². The van der Waals surface area contributed by atoms with E-state index in [4.69, 9.17) is 28.8 Å². The van der Waals surface area contributed by atoms with Crippen molar-refractivity contribution in [3.8, 4) is 17.2 Å². The van der Waals surface area contributed by atoms with E-state index in [0.29, 0.717) is 38.7 Å². The van der Waals surface area contributed by atoms with Crippen LogP contribution in [0.5, 0.6) is 17.2 Å². The number of carboxylic acids is 1. The Labute approximate surface area is 258 Å². The molecule has 0 saturated carbocycles. The van der Waals surface area contributed by atoms with Crippen molar-refractivity contribution < 1.29 is 38.4 Å². The third kappa shape index (κ3) is 8.44. The summed E-state index contributed by atoms with van der Waals surface area (Å²) in [5.41, 5.74) is 1.77. The molecule has 0 fully saturated rings. The summed E-state index contributed by atoms with van der Waals surface area (Å²) in [5.74, 6) is -0.523. The topological polar surface area (TPSA) is 143 Å². The smallest absolute Gasteiger partial charge is 0.338 e. The molecule has 1 aliphatic rings. The van der Waals surface area contributed by atoms with Crippen LogP contribution >= 0.6 is 11.3 Å². The molecule has 2 aromatic carbocycles. The summed E-state index contributed by atoms with van der Waals surface area (Å²) >= 11 is 1.23. The average molecular weight is 625 g/mol. The molecule has 0 bridgehead atoms. The molecule has 0 spiro atoms. The number of allylic oxidation sites excluding steroid dienone is 1. The zero-order valence-corrected chi connectivity index (χ0v) is 26.5. The van der Waals surface area contributed by atoms with Crippen LogP contribution in [-0.2, 0) is 19.1 Å². The normalized spacial score (nSPS) is 14.2. The standard InChI is InChI=1S/C30H32N2O7S.C2H4O2/c1-7-37-24-15-21(11-12-23(24)39-19(5)33)27-26(29(35)38-16-17(2)3)18(4)31-30-32(27)28(34)25(40-30)14-20-9-8-10-22(13-20)36-6;1-2(3)4/h8-15,17,27H,7,16H2,1-6H3;1H3,(H,3,4)/b25-14+;. The highest BCUT2D eigenvalue weighted by Crippen LogP contribution is 2.36. The number of aromatic nitrogens is 1. The second-order valence-corrected chi connectivity index (χ2v) is 11.1. The summed E-state index contributed by atoms with van der Waals surface area (Å²) < 4.78 is 24.0. The first kappa shape index (κ1) is 33.8. The van der Waals surface area contributed by atoms with E-state index in [1.54, 1.807) is 38.3 Å². The first-order valence-corrected chi connectivity index (χ1v) is 14.7. The predicted octanol–water partition coefficient (Wildman–Crippen LogP) is 3.86. The number of hydrogen-bond acceptors (Lipinski definition) is 10. The molecule has 1 aliphatic heterocycles. The van der Waals surface area contributed by atoms with Gasteiger partial charge in [-0.05, 0) is 61.2 Å². The number of rotatable bonds is 9. The fourth-order valence-electron chi connectivity index (χ4n) is 4.30. The van der Waals surface area contributed by atoms with Crippen molar-refractivity contribution in [1.82, 2.24) is 4.57 Å². The van der Waals surface area contributed by atoms with Crippen LogP contribution in [0.2, 0.25) is 0 Å². The lowest BCUT2D eigenvalue weighted by Crippen LogP contribution is -2.40. The van der Waals surface area contributed by atoms with Crippen molar-refractivity contribution in [2.45, 2.75) is 47.6 Å². The molecule has 1 atom stereocenters. The Morgan fingerprint density at radius 2 is 1.82 bits per heavy atom. The summed E-state index contributed by atoms with van der Waals surface area (Å²) in [4.78, 5) is 53.1. The van der Waals surface area contributed by atoms with Crippen molar-refractivity contribution >= 4 is 35.3 Å². The summed E-state index contributed by atoms with van der Waals surface area (Å²) in [5, 5.41) is 7.42. The van der Waals surface area contributed by atoms with Crippen molar-refractivity contribution in [3.05, 3.63) is 84.5 Å². The van der Waals surface area contributed by atoms with E-state index in [-0.39, 0.29) is 29.4 Å². The van der Waals surface area contributed by atoms with Gasteiger partial charge in [-0.25, -0.2) is 9.79 Å². The monoisotopic (exact) mass is 624 g/mol. The average Bonchev–Trinajstić information content (AvgIpc) is 3.25. The summed E-state index contributed by atoms with van der Waals surface area (Å²) in [6.45, 7) is 10.4. The van der Waals surface area contributed by atoms with Crippen molar-refractivity contribution in [3.63, 3.8) is 0 Å². The Kier molecular flexibility index (Phi) is 11.6. The molecule has 12 heteroatoms. The van der Waals surface area contributed by atoms with E-state index in [1.807, 2.05) is 45.0 Å². The Morgan fingerprint density at radius 1 is 1.11 bits per heavy atom. The molecule has 234 valence electrons. The number of benzene rings is 2. The molecule has 11 nitrogen and oxygen atoms in total. The van der Waals surface area contributed by atoms with E-state index in [2.05, 4.69) is 4.99 Å². The van der Waals surface area contributed by atoms with Gasteiger partial charge in [0.1, 0.15) is 5.75 Å². The van der Waals surface area contributed by atoms with Gasteiger partial charge in [-0.15, -0.1) is 0 Å². The quantitative estimate of drug-likeness (QED) is 0.277. The van der Waals surface area contributed by atoms with Crippen LogP contribution in [0.4, 0.5) is 0 Å². The number of esters is 2. The molecule has 0 saturated heterocycles. The van der Waals surface area contributed by atoms with Crippen LogP contribution in [0.25, 0.3) is 6.08 Å². The van der Waals surface area contributed by atoms with Crippen LogP contribution in [0.3, 0.4) is 0 Å². The second kappa shape index (κ2) is 15.1. The minimum Gasteiger partial charge on any atom is -0.497 e. The van der Waals surface area contributed by atoms with Crippen LogP contribution in [0.15, 0.2) is 63.5 Å². The summed E-state index contributed by atoms with van der Waals surface area (Å²) in [6, 6.07) is 11.5. The van der Waals surface area contributed by atoms with E-state index in [0.717, 1.165) is 12.5 Å². The highest BCUT2D eigenvalue weighted by atomic mass is 32.1. The van der Waals surface area contributed by atoms with E-state index >= 15 is 0 Å². The van der Waals surface area contributed by atoms with Crippen LogP contribution in [-0.4, -0.2) is 47.9 Å². The van der Waals surface area contributed by atoms with E-state index in [9.17, 15) is 14.4 Å². The molecule has 1 N–H and O–H groups in total. The Bertz CT molecular complexity index is 1750. The molecule has 1 unspecified atom stereocenters. The van der Waals surface area contributed by atoms with Gasteiger partial charge in [-0.3, -0.25) is 19.0 Å². The maximum atomic E-state index is 13.9. The lowest BCUT2D eigenvalue weighted by atomic mass is 9.95. The molecule has 0 amide bonds. The molecule has 1 aromatic heterocycles. The Morgan fingerprint density at radius 3 is 2.43 bits per heavy atom. The molecule has 4 rings (SSSR count). The number of carboxylic acid groups (broad SMARTS) is 1. The number of nitrogens with zero attached hydrogens (tertiary/aromatic N) is 2. The SMILES string of the molecule is CC(=O)O.CCOc1cc(C2C(C(=O)OCC(C)C)=C(C)N=c3s/c(=C/c4cccc(OC)c4)c(=O)n32)ccc1OC(C)=O. The lowest BCUT2D eigenvalue weighted by molar-refractivity contribution is -0.140. The molecular formula is C32H36N2O9S. The van der Waals surface area contributed by atoms with Gasteiger partial charge >= 0.3 is 11.9 Å². The minimum atomic E-state index is -0.839. The third-order valence-electron chi connectivity index (χ3n) is 6.02. The first-order valence-electron chi connectivity index (χ1n) is 13.8. The predicted molar refractivity (Wildman–Crippen MR) is 165 cm³/mol. The Hall–Kier alpha value is -4.71. The molecule has 3 aromatic rings. The summed E-state index contributed by atoms with van der Waals surface area (Å²) in [6.07, 6.45) is 1.77. The molecule has 44 heavy (non-hydrogen) atoms. The second-order valence-electron chi connectivity index (χ2n) is 10.1. The van der Waals surface area contributed by atoms with Gasteiger partial charge in [0.15, 0.2) is 16.3 Å². The maximum Gasteiger partial charge on any atom is 0.338 e. The van der Waals surface area contributed by atoms with Crippen LogP contribution < -0.4 is 29.1 Å². The minimum absolute atomic E-state index is 0.125. The highest BCUT2D eigenvalue weighted by molar-refractivity contribution is 7.07. The first-order chi connectivity index (χ1) is 20.9. The number of methoxy groups -OCH3 is 1. The zero-order chi connectivity index (χ0) is 32.6. The number of carbonyl (C=O) groups excluding carboxylic acids is 2. The number of hydrogen-bond donors (Lipinski definition) is 1. The molecule has 2 heterocycles. The van der Waals surface area contributed by atoms with Crippen LogP contribution in [0, 0.1) is 5.92 Å². The van der Waals surface area contributed by atoms with Gasteiger partial charge < -0.3 is 24.1 Å². The van der Waals surface area contributed by atoms with E-state index < -0.39 is 23.9 Å². The van der Waals surface area contributed by atoms with Gasteiger partial charge in [-0.1, -0.05) is 43.4 Å². The van der Waals surface area contributed by atoms with Gasteiger partial charge in [0.05, 0.1) is 42.2 Å². The Balaban J connectivity index is 0.00000124. The molecule has 0 aliphatic carbocycles. The third-order valence-corrected chi connectivity index (χ3v) is 7.00. The number of aliphatic carboxylic acids is 1. The van der Waals surface area contributed by atoms with Gasteiger partial charge in [-0.2, -0.15) is 0 Å². The van der Waals surface area contributed by atoms with Gasteiger partial charge in [0, 0.05) is 13.8 Å². The van der Waals surface area contributed by atoms with Gasteiger partial charge in [0.2, 0.25) is 0 Å². The van der Waals surface area contributed by atoms with Crippen molar-refractivity contribution in [2.75, 3.05) is 20.3 Å². The van der Waals surface area contributed by atoms with Crippen LogP contribution in [0.1, 0.15) is 58.7 Å². The fraction of sp³-hybridized carbons (Fsp3) is 0.344. The molecular weight excluding hydrogens is 588 g/mol. The number of fused-ring (bicyclic) bond motifs is 1. The number of ether oxygens (including phenoxy) is 4. The zero-order valence-electron chi connectivity index (χ0n) is 25.7. The maximum absolute atomic E-state index is 13.9. The fourth-order valence-corrected chi connectivity index (χ4v) is 5.35. The largest absolute Gasteiger partial charge is 0.497 e. The van der Waals surface area contributed by atoms with Crippen molar-refractivity contribution in [1.29, 1.82) is 0 Å². The lowest BCUT2D eigenvalue weighted by Gasteiger charge is -2.25. The van der Waals surface area contributed by atoms with E-state index in [1.165, 1.54) is 22.8 Å².